The topological polar surface area (TPSA) is 94.4 Å². The molecule has 0 radical (unpaired) electrons. The van der Waals surface area contributed by atoms with Crippen molar-refractivity contribution >= 4 is 5.97 Å². The maximum Gasteiger partial charge on any atom is 0.335 e. The molecule has 3 aromatic rings. The van der Waals surface area contributed by atoms with Crippen LogP contribution in [0, 0.1) is 12.8 Å². The van der Waals surface area contributed by atoms with Gasteiger partial charge in [0.1, 0.15) is 11.6 Å². The molecule has 2 atom stereocenters. The number of rotatable bonds is 7. The summed E-state index contributed by atoms with van der Waals surface area (Å²) in [6, 6.07) is 10.5. The van der Waals surface area contributed by atoms with Gasteiger partial charge in [0.05, 0.1) is 31.0 Å². The molecule has 0 amide bonds. The van der Waals surface area contributed by atoms with E-state index in [2.05, 4.69) is 15.0 Å². The molecule has 1 aliphatic carbocycles. The number of hydrogen-bond acceptors (Lipinski definition) is 6. The van der Waals surface area contributed by atoms with Crippen LogP contribution in [0.1, 0.15) is 34.2 Å². The van der Waals surface area contributed by atoms with E-state index in [1.165, 1.54) is 0 Å². The van der Waals surface area contributed by atoms with Gasteiger partial charge in [0.25, 0.3) is 0 Å². The number of hydrogen-bond donors (Lipinski definition) is 1. The Balaban J connectivity index is 1.46. The SMILES string of the molecule is COc1ccc(C2C[C@@H]2COc2nc(C)ncc2-c2ccc(C(=O)O)cc2)nc1. The Morgan fingerprint density at radius 3 is 2.59 bits per heavy atom. The van der Waals surface area contributed by atoms with Crippen LogP contribution in [0.4, 0.5) is 0 Å². The number of methoxy groups -OCH3 is 1. The van der Waals surface area contributed by atoms with Gasteiger partial charge in [0.15, 0.2) is 0 Å². The number of aromatic carboxylic acids is 1. The van der Waals surface area contributed by atoms with Gasteiger partial charge in [-0.15, -0.1) is 0 Å². The second kappa shape index (κ2) is 7.87. The van der Waals surface area contributed by atoms with Crippen molar-refractivity contribution in [2.45, 2.75) is 19.3 Å². The minimum absolute atomic E-state index is 0.233. The number of nitrogens with zero attached hydrogens (tertiary/aromatic N) is 3. The molecule has 4 rings (SSSR count). The smallest absolute Gasteiger partial charge is 0.335 e. The van der Waals surface area contributed by atoms with Gasteiger partial charge in [-0.3, -0.25) is 4.98 Å². The van der Waals surface area contributed by atoms with E-state index in [1.807, 2.05) is 19.1 Å². The van der Waals surface area contributed by atoms with Gasteiger partial charge in [0, 0.05) is 23.7 Å². The van der Waals surface area contributed by atoms with E-state index in [1.54, 1.807) is 43.8 Å². The first kappa shape index (κ1) is 18.9. The van der Waals surface area contributed by atoms with Gasteiger partial charge >= 0.3 is 5.97 Å². The molecule has 1 aliphatic rings. The second-order valence-electron chi connectivity index (χ2n) is 7.05. The van der Waals surface area contributed by atoms with E-state index in [-0.39, 0.29) is 5.56 Å². The summed E-state index contributed by atoms with van der Waals surface area (Å²) < 4.78 is 11.2. The highest BCUT2D eigenvalue weighted by Gasteiger charge is 2.40. The summed E-state index contributed by atoms with van der Waals surface area (Å²) >= 11 is 0. The fourth-order valence-electron chi connectivity index (χ4n) is 3.26. The Kier molecular flexibility index (Phi) is 5.12. The van der Waals surface area contributed by atoms with Crippen LogP contribution in [-0.2, 0) is 0 Å². The van der Waals surface area contributed by atoms with Crippen LogP contribution in [0.15, 0.2) is 48.8 Å². The average Bonchev–Trinajstić information content (AvgIpc) is 3.52. The summed E-state index contributed by atoms with van der Waals surface area (Å²) in [7, 11) is 1.63. The molecule has 148 valence electrons. The molecule has 7 heteroatoms. The number of aromatic nitrogens is 3. The number of carboxylic acids is 1. The van der Waals surface area contributed by atoms with Gasteiger partial charge in [-0.05, 0) is 43.2 Å². The lowest BCUT2D eigenvalue weighted by Crippen LogP contribution is -2.06. The van der Waals surface area contributed by atoms with Gasteiger partial charge in [-0.25, -0.2) is 9.78 Å². The van der Waals surface area contributed by atoms with E-state index >= 15 is 0 Å². The second-order valence-corrected chi connectivity index (χ2v) is 7.05. The number of carboxylic acid groups (broad SMARTS) is 1. The van der Waals surface area contributed by atoms with Crippen LogP contribution < -0.4 is 9.47 Å². The zero-order chi connectivity index (χ0) is 20.4. The third-order valence-corrected chi connectivity index (χ3v) is 5.05. The fourth-order valence-corrected chi connectivity index (χ4v) is 3.26. The molecule has 0 saturated heterocycles. The van der Waals surface area contributed by atoms with E-state index in [0.717, 1.165) is 29.0 Å². The molecule has 0 spiro atoms. The van der Waals surface area contributed by atoms with Crippen molar-refractivity contribution in [3.8, 4) is 22.8 Å². The highest BCUT2D eigenvalue weighted by Crippen LogP contribution is 2.47. The predicted octanol–water partition coefficient (Wildman–Crippen LogP) is 3.74. The molecule has 1 aromatic carbocycles. The number of ether oxygens (including phenoxy) is 2. The molecule has 1 unspecified atom stereocenters. The highest BCUT2D eigenvalue weighted by atomic mass is 16.5. The van der Waals surface area contributed by atoms with Crippen LogP contribution in [-0.4, -0.2) is 39.7 Å². The first-order valence-corrected chi connectivity index (χ1v) is 9.35. The maximum atomic E-state index is 11.1. The van der Waals surface area contributed by atoms with Crippen LogP contribution in [0.2, 0.25) is 0 Å². The third kappa shape index (κ3) is 4.18. The van der Waals surface area contributed by atoms with E-state index in [4.69, 9.17) is 14.6 Å². The quantitative estimate of drug-likeness (QED) is 0.656. The normalized spacial score (nSPS) is 17.6. The summed E-state index contributed by atoms with van der Waals surface area (Å²) in [5.41, 5.74) is 2.83. The van der Waals surface area contributed by atoms with Crippen molar-refractivity contribution in [2.75, 3.05) is 13.7 Å². The van der Waals surface area contributed by atoms with Crippen LogP contribution >= 0.6 is 0 Å². The van der Waals surface area contributed by atoms with E-state index in [9.17, 15) is 4.79 Å². The highest BCUT2D eigenvalue weighted by molar-refractivity contribution is 5.88. The Morgan fingerprint density at radius 1 is 1.14 bits per heavy atom. The molecule has 1 N–H and O–H groups in total. The molecule has 7 nitrogen and oxygen atoms in total. The molecule has 1 fully saturated rings. The van der Waals surface area contributed by atoms with Crippen molar-refractivity contribution in [3.05, 3.63) is 65.9 Å². The first-order chi connectivity index (χ1) is 14.0. The van der Waals surface area contributed by atoms with Gasteiger partial charge in [0.2, 0.25) is 5.88 Å². The molecule has 29 heavy (non-hydrogen) atoms. The number of aryl methyl sites for hydroxylation is 1. The summed E-state index contributed by atoms with van der Waals surface area (Å²) in [6.45, 7) is 2.35. The van der Waals surface area contributed by atoms with E-state index in [0.29, 0.717) is 30.1 Å². The zero-order valence-corrected chi connectivity index (χ0v) is 16.2. The number of pyridine rings is 1. The third-order valence-electron chi connectivity index (χ3n) is 5.05. The summed E-state index contributed by atoms with van der Waals surface area (Å²) in [4.78, 5) is 24.2. The van der Waals surface area contributed by atoms with Crippen molar-refractivity contribution < 1.29 is 19.4 Å². The van der Waals surface area contributed by atoms with Crippen molar-refractivity contribution in [1.82, 2.24) is 15.0 Å². The molecular formula is C22H21N3O4. The average molecular weight is 391 g/mol. The predicted molar refractivity (Wildman–Crippen MR) is 106 cm³/mol. The Hall–Kier alpha value is -3.48. The molecule has 1 saturated carbocycles. The van der Waals surface area contributed by atoms with Gasteiger partial charge in [-0.2, -0.15) is 4.98 Å². The summed E-state index contributed by atoms with van der Waals surface area (Å²) in [5, 5.41) is 9.08. The number of benzene rings is 1. The van der Waals surface area contributed by atoms with Crippen LogP contribution in [0.5, 0.6) is 11.6 Å². The van der Waals surface area contributed by atoms with Crippen molar-refractivity contribution in [1.29, 1.82) is 0 Å². The van der Waals surface area contributed by atoms with Gasteiger partial charge < -0.3 is 14.6 Å². The van der Waals surface area contributed by atoms with Crippen molar-refractivity contribution in [3.63, 3.8) is 0 Å². The Morgan fingerprint density at radius 2 is 1.93 bits per heavy atom. The van der Waals surface area contributed by atoms with Crippen LogP contribution in [0.25, 0.3) is 11.1 Å². The minimum atomic E-state index is -0.958. The summed E-state index contributed by atoms with van der Waals surface area (Å²) in [6.07, 6.45) is 4.47. The fraction of sp³-hybridized carbons (Fsp3) is 0.273. The lowest BCUT2D eigenvalue weighted by Gasteiger charge is -2.11. The zero-order valence-electron chi connectivity index (χ0n) is 16.2. The van der Waals surface area contributed by atoms with Crippen LogP contribution in [0.3, 0.4) is 0 Å². The maximum absolute atomic E-state index is 11.1. The first-order valence-electron chi connectivity index (χ1n) is 9.35. The molecule has 2 aromatic heterocycles. The molecular weight excluding hydrogens is 370 g/mol. The Labute approximate surface area is 168 Å². The Bertz CT molecular complexity index is 1020. The van der Waals surface area contributed by atoms with Gasteiger partial charge in [-0.1, -0.05) is 12.1 Å². The summed E-state index contributed by atoms with van der Waals surface area (Å²) in [5.74, 6) is 1.68. The van der Waals surface area contributed by atoms with E-state index < -0.39 is 5.97 Å². The number of carbonyl (C=O) groups is 1. The standard InChI is InChI=1S/C22H21N3O4/c1-13-23-11-19(14-3-5-15(6-4-14)22(26)27)21(25-13)29-12-16-9-18(16)20-8-7-17(28-2)10-24-20/h3-8,10-11,16,18H,9,12H2,1-2H3,(H,26,27)/t16-,18?/m1/s1. The van der Waals surface area contributed by atoms with Crippen molar-refractivity contribution in [2.24, 2.45) is 5.92 Å². The lowest BCUT2D eigenvalue weighted by molar-refractivity contribution is 0.0697. The minimum Gasteiger partial charge on any atom is -0.495 e. The largest absolute Gasteiger partial charge is 0.495 e. The molecule has 0 bridgehead atoms. The molecule has 2 heterocycles. The molecule has 0 aliphatic heterocycles. The monoisotopic (exact) mass is 391 g/mol. The lowest BCUT2D eigenvalue weighted by atomic mass is 10.1.